The van der Waals surface area contributed by atoms with Gasteiger partial charge in [0, 0.05) is 0 Å². The maximum atomic E-state index is 5.61. The van der Waals surface area contributed by atoms with E-state index in [9.17, 15) is 0 Å². The number of hydrogen-bond acceptors (Lipinski definition) is 1. The summed E-state index contributed by atoms with van der Waals surface area (Å²) in [6.45, 7) is 5.53. The van der Waals surface area contributed by atoms with Gasteiger partial charge in [-0.25, -0.2) is 0 Å². The first-order valence-corrected chi connectivity index (χ1v) is 7.94. The van der Waals surface area contributed by atoms with Crippen molar-refractivity contribution in [2.45, 2.75) is 50.4 Å². The standard InChI is InChI=1S/C5H11O.C4H9.Sn/c1-2-3-4-5-6;1-3-4-2;/h2-5H2,1H3;1,3-4H2,2H3;/q-1;;+1. The Morgan fingerprint density at radius 2 is 1.73 bits per heavy atom. The van der Waals surface area contributed by atoms with E-state index >= 15 is 0 Å². The zero-order chi connectivity index (χ0) is 8.36. The maximum absolute atomic E-state index is 5.61. The van der Waals surface area contributed by atoms with E-state index in [0.717, 1.165) is 6.61 Å². The van der Waals surface area contributed by atoms with Crippen molar-refractivity contribution in [2.24, 2.45) is 0 Å². The SMILES string of the molecule is CCCCC[O][Sn][CH2]CCC. The van der Waals surface area contributed by atoms with Gasteiger partial charge in [-0.2, -0.15) is 0 Å². The van der Waals surface area contributed by atoms with E-state index in [1.807, 2.05) is 0 Å². The van der Waals surface area contributed by atoms with Crippen molar-refractivity contribution in [3.63, 3.8) is 0 Å². The molecule has 0 heterocycles. The van der Waals surface area contributed by atoms with Crippen molar-refractivity contribution in [3.8, 4) is 0 Å². The summed E-state index contributed by atoms with van der Waals surface area (Å²) in [6, 6.07) is 0. The van der Waals surface area contributed by atoms with E-state index < -0.39 is 0 Å². The van der Waals surface area contributed by atoms with Crippen molar-refractivity contribution in [1.29, 1.82) is 0 Å². The molecule has 0 rings (SSSR count). The molecule has 0 unspecified atom stereocenters. The van der Waals surface area contributed by atoms with Gasteiger partial charge >= 0.3 is 81.6 Å². The van der Waals surface area contributed by atoms with Crippen LogP contribution in [0.5, 0.6) is 0 Å². The summed E-state index contributed by atoms with van der Waals surface area (Å²) in [4.78, 5) is 0. The van der Waals surface area contributed by atoms with Gasteiger partial charge < -0.3 is 0 Å². The molecule has 66 valence electrons. The molecular formula is C9H20OSn. The summed E-state index contributed by atoms with van der Waals surface area (Å²) in [5.74, 6) is 0. The van der Waals surface area contributed by atoms with Gasteiger partial charge in [0.25, 0.3) is 0 Å². The minimum atomic E-state index is -0.373. The Hall–Kier alpha value is 0.759. The molecule has 0 aliphatic carbocycles. The second-order valence-corrected chi connectivity index (χ2v) is 5.88. The zero-order valence-corrected chi connectivity index (χ0v) is 10.7. The molecule has 1 nitrogen and oxygen atoms in total. The molecule has 0 aliphatic rings. The summed E-state index contributed by atoms with van der Waals surface area (Å²) in [6.07, 6.45) is 6.65. The number of hydrogen-bond donors (Lipinski definition) is 0. The third kappa shape index (κ3) is 10.8. The zero-order valence-electron chi connectivity index (χ0n) is 7.86. The van der Waals surface area contributed by atoms with Gasteiger partial charge in [0.2, 0.25) is 0 Å². The quantitative estimate of drug-likeness (QED) is 0.483. The fourth-order valence-electron chi connectivity index (χ4n) is 0.818. The molecule has 0 fully saturated rings. The predicted molar refractivity (Wildman–Crippen MR) is 50.9 cm³/mol. The monoisotopic (exact) mass is 264 g/mol. The van der Waals surface area contributed by atoms with Gasteiger partial charge in [0.15, 0.2) is 0 Å². The summed E-state index contributed by atoms with van der Waals surface area (Å²) < 4.78 is 7.02. The Bertz CT molecular complexity index is 58.6. The first-order chi connectivity index (χ1) is 5.41. The van der Waals surface area contributed by atoms with Crippen LogP contribution in [0, 0.1) is 0 Å². The first kappa shape index (κ1) is 11.8. The molecule has 0 aromatic heterocycles. The topological polar surface area (TPSA) is 9.23 Å². The van der Waals surface area contributed by atoms with Crippen LogP contribution in [0.3, 0.4) is 0 Å². The van der Waals surface area contributed by atoms with E-state index in [1.165, 1.54) is 36.5 Å². The fourth-order valence-corrected chi connectivity index (χ4v) is 3.47. The molecule has 0 spiro atoms. The van der Waals surface area contributed by atoms with Crippen molar-refractivity contribution in [3.05, 3.63) is 0 Å². The second-order valence-electron chi connectivity index (χ2n) is 2.80. The molecule has 2 radical (unpaired) electrons. The molecule has 0 bridgehead atoms. The van der Waals surface area contributed by atoms with Gasteiger partial charge in [0.1, 0.15) is 0 Å². The van der Waals surface area contributed by atoms with Crippen LogP contribution in [0.4, 0.5) is 0 Å². The second kappa shape index (κ2) is 10.8. The van der Waals surface area contributed by atoms with Gasteiger partial charge in [-0.3, -0.25) is 0 Å². The molecular weight excluding hydrogens is 243 g/mol. The van der Waals surface area contributed by atoms with E-state index in [0.29, 0.717) is 0 Å². The first-order valence-electron chi connectivity index (χ1n) is 4.76. The average Bonchev–Trinajstić information content (AvgIpc) is 2.03. The summed E-state index contributed by atoms with van der Waals surface area (Å²) in [5, 5.41) is 0. The van der Waals surface area contributed by atoms with Crippen molar-refractivity contribution in [2.75, 3.05) is 6.61 Å². The van der Waals surface area contributed by atoms with Crippen molar-refractivity contribution >= 4 is 21.6 Å². The summed E-state index contributed by atoms with van der Waals surface area (Å²) >= 11 is -0.373. The van der Waals surface area contributed by atoms with Crippen LogP contribution in [0.25, 0.3) is 0 Å². The normalized spacial score (nSPS) is 10.4. The molecule has 2 heteroatoms. The molecule has 0 aromatic carbocycles. The molecule has 0 amide bonds. The molecule has 0 saturated carbocycles. The number of unbranched alkanes of at least 4 members (excludes halogenated alkanes) is 3. The van der Waals surface area contributed by atoms with Gasteiger partial charge in [-0.15, -0.1) is 0 Å². The Balaban J connectivity index is 2.69. The Kier molecular flexibility index (Phi) is 11.5. The van der Waals surface area contributed by atoms with Crippen molar-refractivity contribution < 1.29 is 3.07 Å². The van der Waals surface area contributed by atoms with Crippen LogP contribution in [0.15, 0.2) is 0 Å². The van der Waals surface area contributed by atoms with Crippen LogP contribution in [0.2, 0.25) is 4.44 Å². The minimum absolute atomic E-state index is 0.373. The third-order valence-electron chi connectivity index (χ3n) is 1.58. The van der Waals surface area contributed by atoms with Crippen LogP contribution in [-0.4, -0.2) is 28.2 Å². The van der Waals surface area contributed by atoms with Crippen LogP contribution in [-0.2, 0) is 3.07 Å². The van der Waals surface area contributed by atoms with Crippen LogP contribution in [0.1, 0.15) is 46.0 Å². The number of rotatable bonds is 8. The van der Waals surface area contributed by atoms with Crippen LogP contribution >= 0.6 is 0 Å². The average molecular weight is 263 g/mol. The van der Waals surface area contributed by atoms with Gasteiger partial charge in [-0.1, -0.05) is 0 Å². The Labute approximate surface area is 81.7 Å². The van der Waals surface area contributed by atoms with Crippen molar-refractivity contribution in [1.82, 2.24) is 0 Å². The van der Waals surface area contributed by atoms with E-state index in [2.05, 4.69) is 13.8 Å². The fraction of sp³-hybridized carbons (Fsp3) is 1.00. The molecule has 0 atom stereocenters. The van der Waals surface area contributed by atoms with E-state index in [-0.39, 0.29) is 21.6 Å². The van der Waals surface area contributed by atoms with E-state index in [4.69, 9.17) is 3.07 Å². The molecule has 0 aromatic rings. The summed E-state index contributed by atoms with van der Waals surface area (Å²) in [5.41, 5.74) is 0. The Morgan fingerprint density at radius 3 is 2.36 bits per heavy atom. The molecule has 11 heavy (non-hydrogen) atoms. The molecule has 0 N–H and O–H groups in total. The van der Waals surface area contributed by atoms with E-state index in [1.54, 1.807) is 0 Å². The predicted octanol–water partition coefficient (Wildman–Crippen LogP) is 3.03. The molecule has 0 saturated heterocycles. The Morgan fingerprint density at radius 1 is 1.00 bits per heavy atom. The van der Waals surface area contributed by atoms with Gasteiger partial charge in [0.05, 0.1) is 0 Å². The third-order valence-corrected chi connectivity index (χ3v) is 4.34. The van der Waals surface area contributed by atoms with Crippen LogP contribution < -0.4 is 0 Å². The van der Waals surface area contributed by atoms with Gasteiger partial charge in [-0.05, 0) is 0 Å². The molecule has 0 aliphatic heterocycles. The summed E-state index contributed by atoms with van der Waals surface area (Å²) in [7, 11) is 0.